The van der Waals surface area contributed by atoms with Gasteiger partial charge in [0.15, 0.2) is 0 Å². The van der Waals surface area contributed by atoms with Crippen molar-refractivity contribution in [1.82, 2.24) is 4.31 Å². The van der Waals surface area contributed by atoms with Gasteiger partial charge in [0.05, 0.1) is 12.6 Å². The van der Waals surface area contributed by atoms with Gasteiger partial charge in [-0.05, 0) is 37.1 Å². The molecule has 2 rings (SSSR count). The molecule has 0 saturated heterocycles. The van der Waals surface area contributed by atoms with E-state index in [1.165, 1.54) is 26.2 Å². The van der Waals surface area contributed by atoms with E-state index < -0.39 is 22.0 Å². The number of nitrogens with zero attached hydrogens (tertiary/aromatic N) is 1. The number of benzene rings is 2. The van der Waals surface area contributed by atoms with Crippen molar-refractivity contribution in [1.29, 1.82) is 0 Å². The summed E-state index contributed by atoms with van der Waals surface area (Å²) >= 11 is 0. The molecule has 0 aliphatic rings. The fourth-order valence-electron chi connectivity index (χ4n) is 2.45. The largest absolute Gasteiger partial charge is 0.492 e. The second kappa shape index (κ2) is 8.98. The van der Waals surface area contributed by atoms with Crippen molar-refractivity contribution in [3.63, 3.8) is 0 Å². The van der Waals surface area contributed by atoms with Gasteiger partial charge in [-0.2, -0.15) is 0 Å². The maximum absolute atomic E-state index is 12.5. The molecule has 2 aromatic carbocycles. The average Bonchev–Trinajstić information content (AvgIpc) is 2.63. The van der Waals surface area contributed by atoms with Crippen LogP contribution in [0.2, 0.25) is 0 Å². The number of carbonyl (C=O) groups excluding carboxylic acids is 1. The Kier molecular flexibility index (Phi) is 6.95. The highest BCUT2D eigenvalue weighted by Crippen LogP contribution is 2.29. The molecule has 3 N–H and O–H groups in total. The van der Waals surface area contributed by atoms with E-state index in [1.807, 2.05) is 30.3 Å². The Bertz CT molecular complexity index is 883. The fraction of sp³-hybridized carbons (Fsp3) is 0.316. The van der Waals surface area contributed by atoms with Gasteiger partial charge < -0.3 is 15.8 Å². The molecule has 146 valence electrons. The van der Waals surface area contributed by atoms with Gasteiger partial charge >= 0.3 is 0 Å². The minimum atomic E-state index is -3.73. The molecule has 0 fully saturated rings. The number of ether oxygens (including phenoxy) is 1. The van der Waals surface area contributed by atoms with Crippen LogP contribution in [-0.2, 0) is 21.2 Å². The lowest BCUT2D eigenvalue weighted by atomic mass is 10.1. The van der Waals surface area contributed by atoms with E-state index in [9.17, 15) is 13.2 Å². The number of rotatable bonds is 8. The monoisotopic (exact) mass is 391 g/mol. The van der Waals surface area contributed by atoms with Crippen molar-refractivity contribution in [2.75, 3.05) is 26.0 Å². The molecular weight excluding hydrogens is 366 g/mol. The number of hydrogen-bond donors (Lipinski definition) is 2. The van der Waals surface area contributed by atoms with Crippen LogP contribution in [0.4, 0.5) is 5.69 Å². The van der Waals surface area contributed by atoms with Crippen molar-refractivity contribution in [3.8, 4) is 5.75 Å². The van der Waals surface area contributed by atoms with Crippen molar-refractivity contribution in [3.05, 3.63) is 54.1 Å². The van der Waals surface area contributed by atoms with Crippen molar-refractivity contribution < 1.29 is 17.9 Å². The number of amides is 1. The summed E-state index contributed by atoms with van der Waals surface area (Å²) in [6, 6.07) is 13.2. The molecule has 0 aliphatic carbocycles. The number of nitrogens with one attached hydrogen (secondary N) is 1. The summed E-state index contributed by atoms with van der Waals surface area (Å²) in [5, 5.41) is 2.68. The third kappa shape index (κ3) is 5.29. The molecule has 2 aromatic rings. The number of sulfonamides is 1. The molecule has 27 heavy (non-hydrogen) atoms. The van der Waals surface area contributed by atoms with Crippen LogP contribution in [0.3, 0.4) is 0 Å². The van der Waals surface area contributed by atoms with Crippen molar-refractivity contribution in [2.24, 2.45) is 5.73 Å². The predicted octanol–water partition coefficient (Wildman–Crippen LogP) is 1.84. The maximum atomic E-state index is 12.5. The van der Waals surface area contributed by atoms with Gasteiger partial charge in [0, 0.05) is 19.8 Å². The Morgan fingerprint density at radius 3 is 2.44 bits per heavy atom. The lowest BCUT2D eigenvalue weighted by molar-refractivity contribution is -0.117. The maximum Gasteiger partial charge on any atom is 0.246 e. The Hall–Kier alpha value is -2.42. The molecule has 0 aromatic heterocycles. The molecule has 1 atom stereocenters. The highest BCUT2D eigenvalue weighted by atomic mass is 32.2. The normalized spacial score (nSPS) is 12.6. The molecule has 1 unspecified atom stereocenters. The van der Waals surface area contributed by atoms with Gasteiger partial charge in [0.1, 0.15) is 10.6 Å². The first-order chi connectivity index (χ1) is 12.8. The fourth-order valence-corrected chi connectivity index (χ4v) is 3.51. The minimum absolute atomic E-state index is 0.0104. The smallest absolute Gasteiger partial charge is 0.246 e. The van der Waals surface area contributed by atoms with Crippen LogP contribution in [0.1, 0.15) is 12.5 Å². The van der Waals surface area contributed by atoms with Gasteiger partial charge in [-0.3, -0.25) is 4.79 Å². The van der Waals surface area contributed by atoms with Crippen molar-refractivity contribution in [2.45, 2.75) is 24.3 Å². The van der Waals surface area contributed by atoms with Gasteiger partial charge in [0.2, 0.25) is 15.9 Å². The summed E-state index contributed by atoms with van der Waals surface area (Å²) in [6.07, 6.45) is 0.382. The van der Waals surface area contributed by atoms with Crippen LogP contribution in [0, 0.1) is 0 Å². The minimum Gasteiger partial charge on any atom is -0.492 e. The van der Waals surface area contributed by atoms with Crippen LogP contribution >= 0.6 is 0 Å². The molecular formula is C19H25N3O4S. The molecule has 8 heteroatoms. The number of carbonyl (C=O) groups is 1. The number of nitrogens with two attached hydrogens (primary N) is 1. The first kappa shape index (κ1) is 20.9. The summed E-state index contributed by atoms with van der Waals surface area (Å²) in [5.41, 5.74) is 7.27. The lowest BCUT2D eigenvalue weighted by Crippen LogP contribution is -2.37. The molecule has 7 nitrogen and oxygen atoms in total. The third-order valence-corrected chi connectivity index (χ3v) is 5.74. The highest BCUT2D eigenvalue weighted by molar-refractivity contribution is 7.89. The summed E-state index contributed by atoms with van der Waals surface area (Å²) in [5.74, 6) is -0.158. The van der Waals surface area contributed by atoms with Gasteiger partial charge in [0.25, 0.3) is 0 Å². The summed E-state index contributed by atoms with van der Waals surface area (Å²) in [7, 11) is -0.858. The zero-order valence-corrected chi connectivity index (χ0v) is 16.5. The van der Waals surface area contributed by atoms with E-state index in [0.717, 1.165) is 9.87 Å². The zero-order chi connectivity index (χ0) is 20.0. The predicted molar refractivity (Wildman–Crippen MR) is 105 cm³/mol. The van der Waals surface area contributed by atoms with Crippen LogP contribution in [0.25, 0.3) is 0 Å². The van der Waals surface area contributed by atoms with Crippen LogP contribution < -0.4 is 15.8 Å². The Labute approximate surface area is 160 Å². The molecule has 0 aliphatic heterocycles. The van der Waals surface area contributed by atoms with E-state index in [2.05, 4.69) is 5.32 Å². The first-order valence-corrected chi connectivity index (χ1v) is 9.99. The van der Waals surface area contributed by atoms with E-state index in [0.29, 0.717) is 18.7 Å². The van der Waals surface area contributed by atoms with E-state index in [1.54, 1.807) is 13.0 Å². The Morgan fingerprint density at radius 2 is 1.85 bits per heavy atom. The van der Waals surface area contributed by atoms with Crippen LogP contribution in [0.15, 0.2) is 53.4 Å². The lowest BCUT2D eigenvalue weighted by Gasteiger charge is -2.17. The number of anilines is 1. The summed E-state index contributed by atoms with van der Waals surface area (Å²) in [6.45, 7) is 2.09. The van der Waals surface area contributed by atoms with E-state index in [4.69, 9.17) is 10.5 Å². The SMILES string of the molecule is CCOc1ccc(NC(=O)C(N)Cc2ccccc2)cc1S(=O)(=O)N(C)C. The quantitative estimate of drug-likeness (QED) is 0.715. The van der Waals surface area contributed by atoms with Crippen LogP contribution in [-0.4, -0.2) is 45.4 Å². The first-order valence-electron chi connectivity index (χ1n) is 8.55. The summed E-state index contributed by atoms with van der Waals surface area (Å²) < 4.78 is 31.6. The third-order valence-electron chi connectivity index (χ3n) is 3.90. The molecule has 0 bridgehead atoms. The van der Waals surface area contributed by atoms with E-state index in [-0.39, 0.29) is 10.6 Å². The topological polar surface area (TPSA) is 102 Å². The second-order valence-corrected chi connectivity index (χ2v) is 8.29. The van der Waals surface area contributed by atoms with Crippen molar-refractivity contribution >= 4 is 21.6 Å². The Balaban J connectivity index is 2.22. The van der Waals surface area contributed by atoms with E-state index >= 15 is 0 Å². The standard InChI is InChI=1S/C19H25N3O4S/c1-4-26-17-11-10-15(13-18(17)27(24,25)22(2)3)21-19(23)16(20)12-14-8-6-5-7-9-14/h5-11,13,16H,4,12,20H2,1-3H3,(H,21,23). The second-order valence-electron chi connectivity index (χ2n) is 6.17. The molecule has 0 spiro atoms. The van der Waals surface area contributed by atoms with Gasteiger partial charge in [-0.1, -0.05) is 30.3 Å². The summed E-state index contributed by atoms with van der Waals surface area (Å²) in [4.78, 5) is 12.4. The van der Waals surface area contributed by atoms with Gasteiger partial charge in [-0.25, -0.2) is 12.7 Å². The van der Waals surface area contributed by atoms with Gasteiger partial charge in [-0.15, -0.1) is 0 Å². The average molecular weight is 391 g/mol. The van der Waals surface area contributed by atoms with Crippen LogP contribution in [0.5, 0.6) is 5.75 Å². The molecule has 0 radical (unpaired) electrons. The molecule has 1 amide bonds. The highest BCUT2D eigenvalue weighted by Gasteiger charge is 2.24. The zero-order valence-electron chi connectivity index (χ0n) is 15.7. The molecule has 0 heterocycles. The molecule has 0 saturated carbocycles. The number of hydrogen-bond acceptors (Lipinski definition) is 5. The Morgan fingerprint density at radius 1 is 1.19 bits per heavy atom.